The van der Waals surface area contributed by atoms with Crippen LogP contribution in [0, 0.1) is 0 Å². The third-order valence-corrected chi connectivity index (χ3v) is 5.66. The lowest BCUT2D eigenvalue weighted by atomic mass is 10.1. The van der Waals surface area contributed by atoms with Crippen molar-refractivity contribution in [3.05, 3.63) is 58.9 Å². The van der Waals surface area contributed by atoms with Gasteiger partial charge in [0.2, 0.25) is 5.82 Å². The molecule has 4 aromatic rings. The van der Waals surface area contributed by atoms with Gasteiger partial charge in [-0.1, -0.05) is 41.6 Å². The summed E-state index contributed by atoms with van der Waals surface area (Å²) in [5.74, 6) is 2.40. The molecule has 0 spiro atoms. The van der Waals surface area contributed by atoms with Crippen LogP contribution in [0.3, 0.4) is 0 Å². The van der Waals surface area contributed by atoms with Crippen LogP contribution in [0.15, 0.2) is 58.4 Å². The third kappa shape index (κ3) is 3.13. The molecule has 27 heavy (non-hydrogen) atoms. The molecular weight excluding hydrogens is 358 g/mol. The summed E-state index contributed by atoms with van der Waals surface area (Å²) < 4.78 is 10.8. The number of hydrogen-bond acceptors (Lipinski definition) is 6. The minimum Gasteiger partial charge on any atom is -0.496 e. The average molecular weight is 375 g/mol. The van der Waals surface area contributed by atoms with E-state index in [1.54, 1.807) is 18.4 Å². The molecule has 0 N–H and O–H groups in total. The van der Waals surface area contributed by atoms with Crippen LogP contribution in [-0.4, -0.2) is 22.2 Å². The maximum absolute atomic E-state index is 5.45. The Bertz CT molecular complexity index is 1080. The lowest BCUT2D eigenvalue weighted by molar-refractivity contribution is 0.405. The minimum atomic E-state index is 0.445. The SMILES string of the molecule is COc1ccccc1-c1nc(-c2ccc(-c3csc(C4CC4)n3)cc2)no1. The first-order valence-electron chi connectivity index (χ1n) is 8.85. The predicted molar refractivity (Wildman–Crippen MR) is 105 cm³/mol. The van der Waals surface area contributed by atoms with Crippen LogP contribution in [-0.2, 0) is 0 Å². The Balaban J connectivity index is 1.41. The Morgan fingerprint density at radius 1 is 1.00 bits per heavy atom. The summed E-state index contributed by atoms with van der Waals surface area (Å²) in [7, 11) is 1.63. The summed E-state index contributed by atoms with van der Waals surface area (Å²) in [5, 5.41) is 7.51. The summed E-state index contributed by atoms with van der Waals surface area (Å²) in [4.78, 5) is 9.29. The maximum Gasteiger partial charge on any atom is 0.262 e. The number of nitrogens with zero attached hydrogens (tertiary/aromatic N) is 3. The standard InChI is InChI=1S/C21H17N3O2S/c1-25-18-5-3-2-4-16(18)20-23-19(24-26-20)14-8-6-13(7-9-14)17-12-27-21(22-17)15-10-11-15/h2-9,12,15H,10-11H2,1H3. The number of ether oxygens (including phenoxy) is 1. The van der Waals surface area contributed by atoms with Crippen molar-refractivity contribution in [1.82, 2.24) is 15.1 Å². The van der Waals surface area contributed by atoms with Gasteiger partial charge in [-0.15, -0.1) is 11.3 Å². The molecule has 0 amide bonds. The zero-order valence-corrected chi connectivity index (χ0v) is 15.6. The fourth-order valence-electron chi connectivity index (χ4n) is 3.00. The highest BCUT2D eigenvalue weighted by atomic mass is 32.1. The molecule has 0 bridgehead atoms. The van der Waals surface area contributed by atoms with Gasteiger partial charge >= 0.3 is 0 Å². The van der Waals surface area contributed by atoms with Crippen LogP contribution >= 0.6 is 11.3 Å². The highest BCUT2D eigenvalue weighted by Crippen LogP contribution is 2.42. The van der Waals surface area contributed by atoms with E-state index in [0.29, 0.717) is 23.4 Å². The van der Waals surface area contributed by atoms with Crippen molar-refractivity contribution >= 4 is 11.3 Å². The molecule has 134 valence electrons. The normalized spacial score (nSPS) is 13.7. The number of methoxy groups -OCH3 is 1. The number of rotatable bonds is 5. The maximum atomic E-state index is 5.45. The summed E-state index contributed by atoms with van der Waals surface area (Å²) >= 11 is 1.76. The van der Waals surface area contributed by atoms with E-state index in [-0.39, 0.29) is 0 Å². The van der Waals surface area contributed by atoms with Crippen LogP contribution in [0.1, 0.15) is 23.8 Å². The van der Waals surface area contributed by atoms with Gasteiger partial charge in [0.15, 0.2) is 0 Å². The van der Waals surface area contributed by atoms with Crippen molar-refractivity contribution in [2.24, 2.45) is 0 Å². The van der Waals surface area contributed by atoms with Gasteiger partial charge in [0.05, 0.1) is 23.4 Å². The molecule has 0 radical (unpaired) electrons. The molecule has 1 fully saturated rings. The first kappa shape index (κ1) is 16.2. The van der Waals surface area contributed by atoms with Crippen molar-refractivity contribution in [1.29, 1.82) is 0 Å². The van der Waals surface area contributed by atoms with Crippen molar-refractivity contribution in [3.63, 3.8) is 0 Å². The predicted octanol–water partition coefficient (Wildman–Crippen LogP) is 5.41. The Labute approximate surface area is 160 Å². The van der Waals surface area contributed by atoms with Gasteiger partial charge in [-0.05, 0) is 25.0 Å². The van der Waals surface area contributed by atoms with Crippen molar-refractivity contribution in [3.8, 4) is 39.8 Å². The molecule has 6 heteroatoms. The van der Waals surface area contributed by atoms with Crippen molar-refractivity contribution in [2.45, 2.75) is 18.8 Å². The van der Waals surface area contributed by atoms with Gasteiger partial charge in [-0.25, -0.2) is 4.98 Å². The average Bonchev–Trinajstić information content (AvgIpc) is 3.26. The molecule has 2 heterocycles. The summed E-state index contributed by atoms with van der Waals surface area (Å²) in [5.41, 5.74) is 3.83. The molecule has 5 rings (SSSR count). The molecule has 1 aliphatic rings. The first-order valence-corrected chi connectivity index (χ1v) is 9.73. The largest absolute Gasteiger partial charge is 0.496 e. The Morgan fingerprint density at radius 2 is 1.78 bits per heavy atom. The molecule has 2 aromatic carbocycles. The first-order chi connectivity index (χ1) is 13.3. The van der Waals surface area contributed by atoms with Crippen LogP contribution in [0.25, 0.3) is 34.1 Å². The number of benzene rings is 2. The van der Waals surface area contributed by atoms with E-state index in [9.17, 15) is 0 Å². The van der Waals surface area contributed by atoms with E-state index >= 15 is 0 Å². The number of para-hydroxylation sites is 1. The van der Waals surface area contributed by atoms with Crippen LogP contribution in [0.4, 0.5) is 0 Å². The third-order valence-electron chi connectivity index (χ3n) is 4.65. The Morgan fingerprint density at radius 3 is 2.56 bits per heavy atom. The van der Waals surface area contributed by atoms with Gasteiger partial charge in [-0.2, -0.15) is 4.98 Å². The lowest BCUT2D eigenvalue weighted by Gasteiger charge is -2.02. The topological polar surface area (TPSA) is 61.0 Å². The van der Waals surface area contributed by atoms with E-state index in [4.69, 9.17) is 14.2 Å². The monoisotopic (exact) mass is 375 g/mol. The summed E-state index contributed by atoms with van der Waals surface area (Å²) in [6.07, 6.45) is 2.55. The molecule has 0 unspecified atom stereocenters. The zero-order valence-electron chi connectivity index (χ0n) is 14.8. The second-order valence-electron chi connectivity index (χ2n) is 6.55. The van der Waals surface area contributed by atoms with E-state index in [0.717, 1.165) is 22.4 Å². The van der Waals surface area contributed by atoms with Crippen molar-refractivity contribution in [2.75, 3.05) is 7.11 Å². The Kier molecular flexibility index (Phi) is 3.98. The second-order valence-corrected chi connectivity index (χ2v) is 7.44. The number of thiazole rings is 1. The van der Waals surface area contributed by atoms with Crippen LogP contribution in [0.5, 0.6) is 5.75 Å². The summed E-state index contributed by atoms with van der Waals surface area (Å²) in [6.45, 7) is 0. The summed E-state index contributed by atoms with van der Waals surface area (Å²) in [6, 6.07) is 15.7. The second kappa shape index (κ2) is 6.63. The lowest BCUT2D eigenvalue weighted by Crippen LogP contribution is -1.87. The van der Waals surface area contributed by atoms with Gasteiger partial charge < -0.3 is 9.26 Å². The van der Waals surface area contributed by atoms with E-state index < -0.39 is 0 Å². The van der Waals surface area contributed by atoms with E-state index in [1.165, 1.54) is 17.8 Å². The number of hydrogen-bond donors (Lipinski definition) is 0. The van der Waals surface area contributed by atoms with Gasteiger partial charge in [0.25, 0.3) is 5.89 Å². The van der Waals surface area contributed by atoms with Crippen molar-refractivity contribution < 1.29 is 9.26 Å². The van der Waals surface area contributed by atoms with Gasteiger partial charge in [0.1, 0.15) is 5.75 Å². The fraction of sp³-hybridized carbons (Fsp3) is 0.190. The fourth-order valence-corrected chi connectivity index (χ4v) is 4.00. The highest BCUT2D eigenvalue weighted by molar-refractivity contribution is 7.10. The van der Waals surface area contributed by atoms with Crippen LogP contribution in [0.2, 0.25) is 0 Å². The van der Waals surface area contributed by atoms with Crippen LogP contribution < -0.4 is 4.74 Å². The smallest absolute Gasteiger partial charge is 0.262 e. The zero-order chi connectivity index (χ0) is 18.2. The quantitative estimate of drug-likeness (QED) is 0.466. The molecular formula is C21H17N3O2S. The van der Waals surface area contributed by atoms with E-state index in [1.807, 2.05) is 36.4 Å². The molecule has 5 nitrogen and oxygen atoms in total. The molecule has 0 saturated heterocycles. The van der Waals surface area contributed by atoms with Gasteiger partial charge in [-0.3, -0.25) is 0 Å². The molecule has 2 aromatic heterocycles. The molecule has 1 aliphatic carbocycles. The molecule has 0 atom stereocenters. The molecule has 0 aliphatic heterocycles. The van der Waals surface area contributed by atoms with Gasteiger partial charge in [0, 0.05) is 22.4 Å². The molecule has 1 saturated carbocycles. The van der Waals surface area contributed by atoms with E-state index in [2.05, 4.69) is 27.7 Å². The number of aromatic nitrogens is 3. The highest BCUT2D eigenvalue weighted by Gasteiger charge is 2.26. The minimum absolute atomic E-state index is 0.445. The Hall–Kier alpha value is -2.99.